The van der Waals surface area contributed by atoms with Gasteiger partial charge < -0.3 is 20.1 Å². The zero-order valence-electron chi connectivity index (χ0n) is 15.5. The van der Waals surface area contributed by atoms with Crippen LogP contribution in [0, 0.1) is 5.82 Å². The van der Waals surface area contributed by atoms with Crippen molar-refractivity contribution in [3.63, 3.8) is 0 Å². The maximum absolute atomic E-state index is 13.6. The number of hydrogen-bond donors (Lipinski definition) is 2. The predicted molar refractivity (Wildman–Crippen MR) is 105 cm³/mol. The van der Waals surface area contributed by atoms with Gasteiger partial charge in [-0.2, -0.15) is 0 Å². The first kappa shape index (κ1) is 19.2. The number of pyridine rings is 1. The Balaban J connectivity index is 1.63. The summed E-state index contributed by atoms with van der Waals surface area (Å²) in [5.74, 6) is 1.11. The predicted octanol–water partition coefficient (Wildman–Crippen LogP) is 3.91. The third kappa shape index (κ3) is 4.56. The molecule has 1 aromatic heterocycles. The molecule has 0 fully saturated rings. The first-order chi connectivity index (χ1) is 13.6. The van der Waals surface area contributed by atoms with Gasteiger partial charge in [-0.25, -0.2) is 9.37 Å². The molecule has 2 aromatic carbocycles. The van der Waals surface area contributed by atoms with Gasteiger partial charge in [-0.1, -0.05) is 18.2 Å². The fraction of sp³-hybridized carbons (Fsp3) is 0.143. The molecule has 0 spiro atoms. The third-order valence-corrected chi connectivity index (χ3v) is 4.08. The Morgan fingerprint density at radius 3 is 2.50 bits per heavy atom. The number of anilines is 2. The van der Waals surface area contributed by atoms with Crippen LogP contribution in [0.5, 0.6) is 11.5 Å². The van der Waals surface area contributed by atoms with Crippen LogP contribution in [0.4, 0.5) is 15.9 Å². The molecule has 6 nitrogen and oxygen atoms in total. The lowest BCUT2D eigenvalue weighted by Crippen LogP contribution is -2.23. The fourth-order valence-electron chi connectivity index (χ4n) is 2.58. The van der Waals surface area contributed by atoms with Crippen LogP contribution in [-0.4, -0.2) is 25.1 Å². The number of nitrogens with one attached hydrogen (secondary N) is 2. The third-order valence-electron chi connectivity index (χ3n) is 4.08. The fourth-order valence-corrected chi connectivity index (χ4v) is 2.58. The summed E-state index contributed by atoms with van der Waals surface area (Å²) in [6.45, 7) is 0.108. The van der Waals surface area contributed by atoms with E-state index in [-0.39, 0.29) is 18.3 Å². The number of carbonyl (C=O) groups excluding carboxylic acids is 1. The molecule has 0 atom stereocenters. The second-order valence-electron chi connectivity index (χ2n) is 5.90. The second-order valence-corrected chi connectivity index (χ2v) is 5.90. The van der Waals surface area contributed by atoms with Crippen LogP contribution in [-0.2, 0) is 6.54 Å². The maximum Gasteiger partial charge on any atom is 0.253 e. The van der Waals surface area contributed by atoms with Gasteiger partial charge in [0.2, 0.25) is 0 Å². The molecule has 0 saturated heterocycles. The first-order valence-electron chi connectivity index (χ1n) is 8.57. The van der Waals surface area contributed by atoms with Gasteiger partial charge in [0.15, 0.2) is 11.5 Å². The highest BCUT2D eigenvalue weighted by atomic mass is 19.1. The lowest BCUT2D eigenvalue weighted by atomic mass is 10.2. The van der Waals surface area contributed by atoms with Crippen molar-refractivity contribution >= 4 is 17.4 Å². The Labute approximate surface area is 162 Å². The summed E-state index contributed by atoms with van der Waals surface area (Å²) in [4.78, 5) is 16.5. The second kappa shape index (κ2) is 8.85. The summed E-state index contributed by atoms with van der Waals surface area (Å²) in [5.41, 5.74) is 1.58. The highest BCUT2D eigenvalue weighted by molar-refractivity contribution is 5.94. The van der Waals surface area contributed by atoms with Gasteiger partial charge in [0.1, 0.15) is 11.6 Å². The van der Waals surface area contributed by atoms with Crippen LogP contribution >= 0.6 is 0 Å². The summed E-state index contributed by atoms with van der Waals surface area (Å²) in [5, 5.41) is 5.82. The molecule has 144 valence electrons. The molecule has 1 amide bonds. The van der Waals surface area contributed by atoms with Crippen molar-refractivity contribution in [2.24, 2.45) is 0 Å². The van der Waals surface area contributed by atoms with Crippen LogP contribution in [0.3, 0.4) is 0 Å². The number of benzene rings is 2. The average Bonchev–Trinajstić information content (AvgIpc) is 2.73. The van der Waals surface area contributed by atoms with Gasteiger partial charge >= 0.3 is 0 Å². The number of hydrogen-bond acceptors (Lipinski definition) is 5. The molecule has 3 rings (SSSR count). The molecular formula is C21H20FN3O3. The molecule has 0 unspecified atom stereocenters. The summed E-state index contributed by atoms with van der Waals surface area (Å²) in [7, 11) is 3.14. The maximum atomic E-state index is 13.6. The number of amides is 1. The number of carbonyl (C=O) groups is 1. The van der Waals surface area contributed by atoms with E-state index in [4.69, 9.17) is 9.47 Å². The molecule has 0 saturated carbocycles. The van der Waals surface area contributed by atoms with Crippen LogP contribution < -0.4 is 20.1 Å². The van der Waals surface area contributed by atoms with E-state index in [9.17, 15) is 9.18 Å². The van der Waals surface area contributed by atoms with Gasteiger partial charge in [0, 0.05) is 30.1 Å². The summed E-state index contributed by atoms with van der Waals surface area (Å²) >= 11 is 0. The average molecular weight is 381 g/mol. The van der Waals surface area contributed by atoms with E-state index in [1.54, 1.807) is 56.7 Å². The minimum absolute atomic E-state index is 0.108. The standard InChI is InChI=1S/C21H20FN3O3/c1-27-18-9-8-16(11-19(18)28-2)25-20-10-7-15(13-23-20)21(26)24-12-14-5-3-4-6-17(14)22/h3-11,13H,12H2,1-2H3,(H,23,25)(H,24,26). The van der Waals surface area contributed by atoms with Crippen molar-refractivity contribution in [1.29, 1.82) is 0 Å². The van der Waals surface area contributed by atoms with Crippen molar-refractivity contribution in [3.8, 4) is 11.5 Å². The Morgan fingerprint density at radius 1 is 1.04 bits per heavy atom. The van der Waals surface area contributed by atoms with Crippen LogP contribution in [0.15, 0.2) is 60.8 Å². The number of ether oxygens (including phenoxy) is 2. The van der Waals surface area contributed by atoms with E-state index >= 15 is 0 Å². The number of nitrogens with zero attached hydrogens (tertiary/aromatic N) is 1. The highest BCUT2D eigenvalue weighted by Crippen LogP contribution is 2.30. The van der Waals surface area contributed by atoms with Gasteiger partial charge in [-0.3, -0.25) is 4.79 Å². The number of halogens is 1. The Hall–Kier alpha value is -3.61. The SMILES string of the molecule is COc1ccc(Nc2ccc(C(=O)NCc3ccccc3F)cn2)cc1OC. The summed E-state index contributed by atoms with van der Waals surface area (Å²) in [6.07, 6.45) is 1.46. The quantitative estimate of drug-likeness (QED) is 0.649. The van der Waals surface area contributed by atoms with E-state index in [1.807, 2.05) is 6.07 Å². The van der Waals surface area contributed by atoms with E-state index in [2.05, 4.69) is 15.6 Å². The smallest absolute Gasteiger partial charge is 0.253 e. The zero-order chi connectivity index (χ0) is 19.9. The normalized spacial score (nSPS) is 10.2. The van der Waals surface area contributed by atoms with Crippen LogP contribution in [0.2, 0.25) is 0 Å². The van der Waals surface area contributed by atoms with Gasteiger partial charge in [-0.05, 0) is 30.3 Å². The first-order valence-corrected chi connectivity index (χ1v) is 8.57. The number of rotatable bonds is 7. The van der Waals surface area contributed by atoms with Crippen molar-refractivity contribution in [1.82, 2.24) is 10.3 Å². The number of aromatic nitrogens is 1. The van der Waals surface area contributed by atoms with Gasteiger partial charge in [0.05, 0.1) is 19.8 Å². The van der Waals surface area contributed by atoms with Crippen LogP contribution in [0.1, 0.15) is 15.9 Å². The van der Waals surface area contributed by atoms with Crippen molar-refractivity contribution in [2.75, 3.05) is 19.5 Å². The highest BCUT2D eigenvalue weighted by Gasteiger charge is 2.09. The lowest BCUT2D eigenvalue weighted by Gasteiger charge is -2.11. The van der Waals surface area contributed by atoms with E-state index in [0.29, 0.717) is 28.4 Å². The molecule has 7 heteroatoms. The molecule has 28 heavy (non-hydrogen) atoms. The molecule has 0 aliphatic rings. The molecular weight excluding hydrogens is 361 g/mol. The lowest BCUT2D eigenvalue weighted by molar-refractivity contribution is 0.0950. The Bertz CT molecular complexity index is 961. The largest absolute Gasteiger partial charge is 0.493 e. The molecule has 3 aromatic rings. The minimum Gasteiger partial charge on any atom is -0.493 e. The van der Waals surface area contributed by atoms with Gasteiger partial charge in [0.25, 0.3) is 5.91 Å². The van der Waals surface area contributed by atoms with Crippen molar-refractivity contribution in [3.05, 3.63) is 77.7 Å². The topological polar surface area (TPSA) is 72.5 Å². The Morgan fingerprint density at radius 2 is 1.82 bits per heavy atom. The summed E-state index contributed by atoms with van der Waals surface area (Å²) in [6, 6.07) is 15.1. The Kier molecular flexibility index (Phi) is 6.06. The van der Waals surface area contributed by atoms with E-state index in [1.165, 1.54) is 12.3 Å². The molecule has 0 aliphatic heterocycles. The van der Waals surface area contributed by atoms with Crippen LogP contribution in [0.25, 0.3) is 0 Å². The monoisotopic (exact) mass is 381 g/mol. The molecule has 2 N–H and O–H groups in total. The molecule has 1 heterocycles. The summed E-state index contributed by atoms with van der Waals surface area (Å²) < 4.78 is 24.1. The van der Waals surface area contributed by atoms with Crippen molar-refractivity contribution in [2.45, 2.75) is 6.54 Å². The minimum atomic E-state index is -0.351. The zero-order valence-corrected chi connectivity index (χ0v) is 15.5. The number of methoxy groups -OCH3 is 2. The molecule has 0 bridgehead atoms. The molecule has 0 aliphatic carbocycles. The molecule has 0 radical (unpaired) electrons. The van der Waals surface area contributed by atoms with E-state index < -0.39 is 0 Å². The van der Waals surface area contributed by atoms with Gasteiger partial charge in [-0.15, -0.1) is 0 Å². The van der Waals surface area contributed by atoms with Crippen molar-refractivity contribution < 1.29 is 18.7 Å². The van der Waals surface area contributed by atoms with E-state index in [0.717, 1.165) is 5.69 Å².